The largest absolute Gasteiger partial charge is 0.299 e. The fraction of sp³-hybridized carbons (Fsp3) is 0.864. The van der Waals surface area contributed by atoms with Crippen LogP contribution in [0.4, 0.5) is 0 Å². The van der Waals surface area contributed by atoms with Gasteiger partial charge in [0.05, 0.1) is 0 Å². The Morgan fingerprint density at radius 1 is 1.13 bits per heavy atom. The summed E-state index contributed by atoms with van der Waals surface area (Å²) in [5.74, 6) is 3.75. The minimum absolute atomic E-state index is 0.0319. The summed E-state index contributed by atoms with van der Waals surface area (Å²) in [7, 11) is 0. The summed E-state index contributed by atoms with van der Waals surface area (Å²) in [5.41, 5.74) is 2.32. The second-order valence-corrected chi connectivity index (χ2v) is 9.49. The topological polar surface area (TPSA) is 17.1 Å². The molecular weight excluding hydrogens is 280 g/mol. The zero-order chi connectivity index (χ0) is 16.2. The molecule has 0 bridgehead atoms. The van der Waals surface area contributed by atoms with Crippen molar-refractivity contribution in [1.29, 1.82) is 0 Å². The Bertz CT molecular complexity index is 532. The first kappa shape index (κ1) is 15.9. The molecule has 0 spiro atoms. The number of carbonyl (C=O) groups excluding carboxylic acids is 1. The SMILES string of the molecule is CCC[C@@H]1CC2C3CCC(=O)C3(C)CCC2C2(C)CCCC=C12. The average molecular weight is 315 g/mol. The Labute approximate surface area is 142 Å². The molecular formula is C22H34O. The van der Waals surface area contributed by atoms with Crippen LogP contribution in [0.3, 0.4) is 0 Å². The van der Waals surface area contributed by atoms with E-state index in [4.69, 9.17) is 0 Å². The highest BCUT2D eigenvalue weighted by molar-refractivity contribution is 5.87. The predicted octanol–water partition coefficient (Wildman–Crippen LogP) is 5.93. The molecule has 1 nitrogen and oxygen atoms in total. The van der Waals surface area contributed by atoms with E-state index in [0.717, 1.165) is 24.2 Å². The van der Waals surface area contributed by atoms with Gasteiger partial charge < -0.3 is 0 Å². The molecule has 0 amide bonds. The van der Waals surface area contributed by atoms with Gasteiger partial charge in [-0.1, -0.05) is 38.8 Å². The van der Waals surface area contributed by atoms with Crippen molar-refractivity contribution >= 4 is 5.78 Å². The van der Waals surface area contributed by atoms with E-state index < -0.39 is 0 Å². The smallest absolute Gasteiger partial charge is 0.139 e. The Hall–Kier alpha value is -0.590. The highest BCUT2D eigenvalue weighted by atomic mass is 16.1. The van der Waals surface area contributed by atoms with Crippen molar-refractivity contribution < 1.29 is 4.79 Å². The minimum Gasteiger partial charge on any atom is -0.299 e. The summed E-state index contributed by atoms with van der Waals surface area (Å²) in [6, 6.07) is 0. The van der Waals surface area contributed by atoms with Gasteiger partial charge in [-0.2, -0.15) is 0 Å². The third kappa shape index (κ3) is 2.14. The molecule has 3 fully saturated rings. The lowest BCUT2D eigenvalue weighted by Crippen LogP contribution is -2.52. The van der Waals surface area contributed by atoms with E-state index >= 15 is 0 Å². The average Bonchev–Trinajstić information content (AvgIpc) is 2.83. The van der Waals surface area contributed by atoms with Gasteiger partial charge in [-0.15, -0.1) is 0 Å². The van der Waals surface area contributed by atoms with Crippen LogP contribution in [0.25, 0.3) is 0 Å². The van der Waals surface area contributed by atoms with Crippen LogP contribution >= 0.6 is 0 Å². The number of carbonyl (C=O) groups is 1. The molecule has 0 aromatic rings. The molecule has 0 saturated heterocycles. The van der Waals surface area contributed by atoms with Crippen LogP contribution in [-0.2, 0) is 4.79 Å². The molecule has 128 valence electrons. The number of Topliss-reactive ketones (excluding diaryl/α,β-unsaturated/α-hetero) is 1. The number of ketones is 1. The van der Waals surface area contributed by atoms with Crippen molar-refractivity contribution in [2.75, 3.05) is 0 Å². The van der Waals surface area contributed by atoms with E-state index in [1.165, 1.54) is 57.8 Å². The Balaban J connectivity index is 1.72. The van der Waals surface area contributed by atoms with E-state index in [0.29, 0.717) is 17.1 Å². The molecule has 4 aliphatic carbocycles. The fourth-order valence-electron chi connectivity index (χ4n) is 7.39. The van der Waals surface area contributed by atoms with Gasteiger partial charge in [-0.3, -0.25) is 4.79 Å². The summed E-state index contributed by atoms with van der Waals surface area (Å²) in [6.45, 7) is 7.25. The zero-order valence-electron chi connectivity index (χ0n) is 15.4. The van der Waals surface area contributed by atoms with Crippen LogP contribution in [0, 0.1) is 34.5 Å². The minimum atomic E-state index is 0.0319. The zero-order valence-corrected chi connectivity index (χ0v) is 15.4. The summed E-state index contributed by atoms with van der Waals surface area (Å²) < 4.78 is 0. The molecule has 0 aromatic carbocycles. The summed E-state index contributed by atoms with van der Waals surface area (Å²) in [6.07, 6.45) is 15.3. The lowest BCUT2D eigenvalue weighted by atomic mass is 9.45. The van der Waals surface area contributed by atoms with Crippen molar-refractivity contribution in [3.63, 3.8) is 0 Å². The molecule has 23 heavy (non-hydrogen) atoms. The molecule has 0 N–H and O–H groups in total. The van der Waals surface area contributed by atoms with Gasteiger partial charge in [0.15, 0.2) is 0 Å². The van der Waals surface area contributed by atoms with Gasteiger partial charge in [-0.05, 0) is 80.5 Å². The van der Waals surface area contributed by atoms with Crippen molar-refractivity contribution in [2.24, 2.45) is 34.5 Å². The van der Waals surface area contributed by atoms with Crippen LogP contribution in [0.5, 0.6) is 0 Å². The van der Waals surface area contributed by atoms with Crippen LogP contribution in [0.15, 0.2) is 11.6 Å². The van der Waals surface area contributed by atoms with Crippen molar-refractivity contribution in [3.8, 4) is 0 Å². The second kappa shape index (κ2) is 5.46. The maximum absolute atomic E-state index is 12.6. The van der Waals surface area contributed by atoms with Crippen molar-refractivity contribution in [3.05, 3.63) is 11.6 Å². The molecule has 4 aliphatic rings. The summed E-state index contributed by atoms with van der Waals surface area (Å²) in [5, 5.41) is 0. The van der Waals surface area contributed by atoms with Gasteiger partial charge in [0.1, 0.15) is 5.78 Å². The standard InChI is InChI=1S/C22H34O/c1-4-7-15-14-16-18-9-10-20(23)22(18,3)13-11-19(16)21(2)12-6-5-8-17(15)21/h8,15-16,18-19H,4-7,9-14H2,1-3H3/t15-,16?,18?,19?,21?,22?/m1/s1. The highest BCUT2D eigenvalue weighted by Gasteiger charge is 2.59. The summed E-state index contributed by atoms with van der Waals surface area (Å²) in [4.78, 5) is 12.6. The quantitative estimate of drug-likeness (QED) is 0.577. The number of allylic oxidation sites excluding steroid dienone is 2. The molecule has 0 radical (unpaired) electrons. The molecule has 6 atom stereocenters. The second-order valence-electron chi connectivity index (χ2n) is 9.49. The number of rotatable bonds is 2. The molecule has 5 unspecified atom stereocenters. The van der Waals surface area contributed by atoms with E-state index in [1.54, 1.807) is 0 Å². The van der Waals surface area contributed by atoms with Gasteiger partial charge in [0.2, 0.25) is 0 Å². The predicted molar refractivity (Wildman–Crippen MR) is 95.1 cm³/mol. The number of fused-ring (bicyclic) bond motifs is 5. The molecule has 3 saturated carbocycles. The van der Waals surface area contributed by atoms with E-state index in [-0.39, 0.29) is 5.41 Å². The Morgan fingerprint density at radius 3 is 2.70 bits per heavy atom. The Kier molecular flexibility index (Phi) is 3.78. The first-order valence-corrected chi connectivity index (χ1v) is 10.2. The van der Waals surface area contributed by atoms with E-state index in [1.807, 2.05) is 5.57 Å². The Morgan fingerprint density at radius 2 is 1.91 bits per heavy atom. The summed E-state index contributed by atoms with van der Waals surface area (Å²) >= 11 is 0. The third-order valence-corrected chi connectivity index (χ3v) is 8.52. The van der Waals surface area contributed by atoms with E-state index in [9.17, 15) is 4.79 Å². The normalized spacial score (nSPS) is 49.2. The van der Waals surface area contributed by atoms with Gasteiger partial charge in [-0.25, -0.2) is 0 Å². The molecule has 1 heteroatoms. The fourth-order valence-corrected chi connectivity index (χ4v) is 7.39. The maximum Gasteiger partial charge on any atom is 0.139 e. The number of hydrogen-bond acceptors (Lipinski definition) is 1. The lowest BCUT2D eigenvalue weighted by Gasteiger charge is -2.59. The van der Waals surface area contributed by atoms with E-state index in [2.05, 4.69) is 26.8 Å². The number of hydrogen-bond donors (Lipinski definition) is 0. The van der Waals surface area contributed by atoms with Crippen LogP contribution in [0.1, 0.15) is 85.0 Å². The van der Waals surface area contributed by atoms with Gasteiger partial charge in [0.25, 0.3) is 0 Å². The maximum atomic E-state index is 12.6. The van der Waals surface area contributed by atoms with Gasteiger partial charge in [0, 0.05) is 11.8 Å². The third-order valence-electron chi connectivity index (χ3n) is 8.52. The van der Waals surface area contributed by atoms with Crippen molar-refractivity contribution in [1.82, 2.24) is 0 Å². The lowest BCUT2D eigenvalue weighted by molar-refractivity contribution is -0.133. The van der Waals surface area contributed by atoms with Crippen LogP contribution < -0.4 is 0 Å². The molecule has 0 aliphatic heterocycles. The van der Waals surface area contributed by atoms with Gasteiger partial charge >= 0.3 is 0 Å². The monoisotopic (exact) mass is 314 g/mol. The van der Waals surface area contributed by atoms with Crippen LogP contribution in [0.2, 0.25) is 0 Å². The first-order valence-electron chi connectivity index (χ1n) is 10.2. The first-order chi connectivity index (χ1) is 11.0. The molecule has 4 rings (SSSR count). The van der Waals surface area contributed by atoms with Crippen LogP contribution in [-0.4, -0.2) is 5.78 Å². The molecule has 0 aromatic heterocycles. The molecule has 0 heterocycles. The highest BCUT2D eigenvalue weighted by Crippen LogP contribution is 2.66. The van der Waals surface area contributed by atoms with Crippen molar-refractivity contribution in [2.45, 2.75) is 85.0 Å².